The molecule has 0 aromatic heterocycles. The number of carbonyl (C=O) groups is 3. The molecule has 0 bridgehead atoms. The summed E-state index contributed by atoms with van der Waals surface area (Å²) in [6.07, 6.45) is 0. The zero-order valence-electron chi connectivity index (χ0n) is 14.5. The van der Waals surface area contributed by atoms with E-state index < -0.39 is 0 Å². The van der Waals surface area contributed by atoms with Crippen molar-refractivity contribution in [2.24, 2.45) is 0 Å². The van der Waals surface area contributed by atoms with Crippen LogP contribution in [0.15, 0.2) is 48.5 Å². The fourth-order valence-corrected chi connectivity index (χ4v) is 2.73. The maximum Gasteiger partial charge on any atom is 0.255 e. The third kappa shape index (κ3) is 4.15. The Hall–Kier alpha value is -2.99. The molecule has 0 unspecified atom stereocenters. The molecule has 1 N–H and O–H groups in total. The summed E-state index contributed by atoms with van der Waals surface area (Å²) in [6.45, 7) is 3.73. The van der Waals surface area contributed by atoms with E-state index in [-0.39, 0.29) is 17.6 Å². The highest BCUT2D eigenvalue weighted by atomic mass is 16.5. The minimum absolute atomic E-state index is 0.0607. The number of benzene rings is 2. The van der Waals surface area contributed by atoms with Crippen molar-refractivity contribution >= 4 is 23.3 Å². The van der Waals surface area contributed by atoms with Crippen LogP contribution in [0, 0.1) is 0 Å². The second kappa shape index (κ2) is 7.93. The first-order valence-electron chi connectivity index (χ1n) is 8.44. The van der Waals surface area contributed by atoms with Gasteiger partial charge in [0, 0.05) is 35.5 Å². The van der Waals surface area contributed by atoms with Gasteiger partial charge in [-0.1, -0.05) is 12.1 Å². The molecule has 6 nitrogen and oxygen atoms in total. The van der Waals surface area contributed by atoms with E-state index in [1.807, 2.05) is 0 Å². The third-order valence-electron chi connectivity index (χ3n) is 4.22. The molecule has 26 heavy (non-hydrogen) atoms. The molecule has 1 fully saturated rings. The quantitative estimate of drug-likeness (QED) is 0.858. The highest BCUT2D eigenvalue weighted by Gasteiger charge is 2.18. The largest absolute Gasteiger partial charge is 0.378 e. The monoisotopic (exact) mass is 352 g/mol. The SMILES string of the molecule is CC(=O)c1cccc(NC(=O)c2ccc(C(=O)N3CCOCC3)cc2)c1. The molecule has 1 heterocycles. The smallest absolute Gasteiger partial charge is 0.255 e. The van der Waals surface area contributed by atoms with Gasteiger partial charge in [0.1, 0.15) is 0 Å². The van der Waals surface area contributed by atoms with E-state index in [2.05, 4.69) is 5.32 Å². The van der Waals surface area contributed by atoms with Gasteiger partial charge in [-0.25, -0.2) is 0 Å². The highest BCUT2D eigenvalue weighted by molar-refractivity contribution is 6.05. The summed E-state index contributed by atoms with van der Waals surface area (Å²) in [4.78, 5) is 38.0. The molecule has 0 radical (unpaired) electrons. The van der Waals surface area contributed by atoms with Gasteiger partial charge in [0.05, 0.1) is 13.2 Å². The number of Topliss-reactive ketones (excluding diaryl/α,β-unsaturated/α-hetero) is 1. The molecule has 1 saturated heterocycles. The molecule has 2 aromatic carbocycles. The van der Waals surface area contributed by atoms with Crippen LogP contribution in [0.25, 0.3) is 0 Å². The van der Waals surface area contributed by atoms with Crippen molar-refractivity contribution in [3.8, 4) is 0 Å². The van der Waals surface area contributed by atoms with Crippen molar-refractivity contribution in [3.63, 3.8) is 0 Å². The highest BCUT2D eigenvalue weighted by Crippen LogP contribution is 2.14. The van der Waals surface area contributed by atoms with Crippen LogP contribution in [0.3, 0.4) is 0 Å². The van der Waals surface area contributed by atoms with Gasteiger partial charge < -0.3 is 15.0 Å². The van der Waals surface area contributed by atoms with Gasteiger partial charge in [-0.2, -0.15) is 0 Å². The molecule has 0 atom stereocenters. The molecule has 1 aliphatic rings. The number of amides is 2. The Labute approximate surface area is 151 Å². The summed E-state index contributed by atoms with van der Waals surface area (Å²) in [6, 6.07) is 13.3. The number of nitrogens with zero attached hydrogens (tertiary/aromatic N) is 1. The van der Waals surface area contributed by atoms with Crippen LogP contribution in [0.1, 0.15) is 38.0 Å². The molecule has 0 saturated carbocycles. The Morgan fingerprint density at radius 2 is 1.58 bits per heavy atom. The first kappa shape index (κ1) is 17.8. The molecule has 2 aromatic rings. The van der Waals surface area contributed by atoms with Gasteiger partial charge in [-0.3, -0.25) is 14.4 Å². The summed E-state index contributed by atoms with van der Waals surface area (Å²) < 4.78 is 5.25. The van der Waals surface area contributed by atoms with Crippen molar-refractivity contribution in [1.29, 1.82) is 0 Å². The van der Waals surface area contributed by atoms with Gasteiger partial charge in [0.25, 0.3) is 11.8 Å². The number of nitrogens with one attached hydrogen (secondary N) is 1. The third-order valence-corrected chi connectivity index (χ3v) is 4.22. The standard InChI is InChI=1S/C20H20N2O4/c1-14(23)17-3-2-4-18(13-17)21-19(24)15-5-7-16(8-6-15)20(25)22-9-11-26-12-10-22/h2-8,13H,9-12H2,1H3,(H,21,24). The number of hydrogen-bond acceptors (Lipinski definition) is 4. The lowest BCUT2D eigenvalue weighted by atomic mass is 10.1. The Morgan fingerprint density at radius 3 is 2.23 bits per heavy atom. The number of anilines is 1. The first-order chi connectivity index (χ1) is 12.5. The lowest BCUT2D eigenvalue weighted by molar-refractivity contribution is 0.0303. The second-order valence-corrected chi connectivity index (χ2v) is 6.07. The van der Waals surface area contributed by atoms with E-state index >= 15 is 0 Å². The fraction of sp³-hybridized carbons (Fsp3) is 0.250. The fourth-order valence-electron chi connectivity index (χ4n) is 2.73. The predicted octanol–water partition coefficient (Wildman–Crippen LogP) is 2.61. The predicted molar refractivity (Wildman–Crippen MR) is 97.6 cm³/mol. The topological polar surface area (TPSA) is 75.7 Å². The summed E-state index contributed by atoms with van der Waals surface area (Å²) in [5, 5.41) is 2.76. The van der Waals surface area contributed by atoms with Crippen LogP contribution in [0.5, 0.6) is 0 Å². The maximum absolute atomic E-state index is 12.4. The van der Waals surface area contributed by atoms with Gasteiger partial charge >= 0.3 is 0 Å². The molecule has 3 rings (SSSR count). The van der Waals surface area contributed by atoms with Crippen LogP contribution in [0.4, 0.5) is 5.69 Å². The Morgan fingerprint density at radius 1 is 0.923 bits per heavy atom. The van der Waals surface area contributed by atoms with Crippen molar-refractivity contribution in [2.75, 3.05) is 31.6 Å². The zero-order chi connectivity index (χ0) is 18.5. The number of ether oxygens (including phenoxy) is 1. The number of ketones is 1. The summed E-state index contributed by atoms with van der Waals surface area (Å²) >= 11 is 0. The van der Waals surface area contributed by atoms with E-state index in [9.17, 15) is 14.4 Å². The molecule has 0 spiro atoms. The summed E-state index contributed by atoms with van der Waals surface area (Å²) in [5.74, 6) is -0.419. The van der Waals surface area contributed by atoms with Gasteiger partial charge in [-0.15, -0.1) is 0 Å². The van der Waals surface area contributed by atoms with Crippen LogP contribution in [-0.4, -0.2) is 48.8 Å². The van der Waals surface area contributed by atoms with Gasteiger partial charge in [0.2, 0.25) is 0 Å². The van der Waals surface area contributed by atoms with E-state index in [0.29, 0.717) is 48.7 Å². The number of hydrogen-bond donors (Lipinski definition) is 1. The molecular weight excluding hydrogens is 332 g/mol. The molecule has 134 valence electrons. The van der Waals surface area contributed by atoms with E-state index in [1.54, 1.807) is 53.4 Å². The van der Waals surface area contributed by atoms with E-state index in [0.717, 1.165) is 0 Å². The van der Waals surface area contributed by atoms with Gasteiger partial charge in [-0.05, 0) is 43.3 Å². The number of carbonyl (C=O) groups excluding carboxylic acids is 3. The minimum Gasteiger partial charge on any atom is -0.378 e. The average molecular weight is 352 g/mol. The number of morpholine rings is 1. The molecule has 2 amide bonds. The van der Waals surface area contributed by atoms with Crippen molar-refractivity contribution in [3.05, 3.63) is 65.2 Å². The van der Waals surface area contributed by atoms with Crippen LogP contribution < -0.4 is 5.32 Å². The maximum atomic E-state index is 12.4. The summed E-state index contributed by atoms with van der Waals surface area (Å²) in [5.41, 5.74) is 2.07. The van der Waals surface area contributed by atoms with Crippen LogP contribution in [0.2, 0.25) is 0 Å². The molecule has 6 heteroatoms. The zero-order valence-corrected chi connectivity index (χ0v) is 14.5. The van der Waals surface area contributed by atoms with Crippen LogP contribution >= 0.6 is 0 Å². The molecule has 1 aliphatic heterocycles. The lowest BCUT2D eigenvalue weighted by Crippen LogP contribution is -2.40. The van der Waals surface area contributed by atoms with Gasteiger partial charge in [0.15, 0.2) is 5.78 Å². The molecule has 0 aliphatic carbocycles. The Kier molecular flexibility index (Phi) is 5.43. The van der Waals surface area contributed by atoms with E-state index in [4.69, 9.17) is 4.74 Å². The second-order valence-electron chi connectivity index (χ2n) is 6.07. The minimum atomic E-state index is -0.295. The van der Waals surface area contributed by atoms with E-state index in [1.165, 1.54) is 6.92 Å². The number of rotatable bonds is 4. The normalized spacial score (nSPS) is 14.0. The van der Waals surface area contributed by atoms with Crippen molar-refractivity contribution in [2.45, 2.75) is 6.92 Å². The molecular formula is C20H20N2O4. The lowest BCUT2D eigenvalue weighted by Gasteiger charge is -2.26. The Bertz CT molecular complexity index is 824. The van der Waals surface area contributed by atoms with Crippen molar-refractivity contribution < 1.29 is 19.1 Å². The summed E-state index contributed by atoms with van der Waals surface area (Å²) in [7, 11) is 0. The Balaban J connectivity index is 1.68. The van der Waals surface area contributed by atoms with Crippen molar-refractivity contribution in [1.82, 2.24) is 4.90 Å². The first-order valence-corrected chi connectivity index (χ1v) is 8.44. The van der Waals surface area contributed by atoms with Crippen LogP contribution in [-0.2, 0) is 4.74 Å². The average Bonchev–Trinajstić information content (AvgIpc) is 2.68.